The summed E-state index contributed by atoms with van der Waals surface area (Å²) < 4.78 is 28.8. The zero-order valence-corrected chi connectivity index (χ0v) is 13.5. The SMILES string of the molecule is CCn1cnc(S(=O)(=O)NCC2(CBr)CCCC2)c1. The molecule has 5 nitrogen and oxygen atoms in total. The van der Waals surface area contributed by atoms with Gasteiger partial charge in [0.25, 0.3) is 10.0 Å². The standard InChI is InChI=1S/C12H20BrN3O2S/c1-2-16-7-11(14-10-16)19(17,18)15-9-12(8-13)5-3-4-6-12/h7,10,15H,2-6,8-9H2,1H3. The highest BCUT2D eigenvalue weighted by Gasteiger charge is 2.34. The molecule has 108 valence electrons. The van der Waals surface area contributed by atoms with Crippen molar-refractivity contribution >= 4 is 26.0 Å². The van der Waals surface area contributed by atoms with Crippen LogP contribution in [0.15, 0.2) is 17.6 Å². The van der Waals surface area contributed by atoms with Crippen LogP contribution >= 0.6 is 15.9 Å². The molecule has 19 heavy (non-hydrogen) atoms. The van der Waals surface area contributed by atoms with Crippen LogP contribution in [0.25, 0.3) is 0 Å². The average Bonchev–Trinajstić information content (AvgIpc) is 3.06. The number of hydrogen-bond donors (Lipinski definition) is 1. The number of nitrogens with one attached hydrogen (secondary N) is 1. The molecule has 0 atom stereocenters. The van der Waals surface area contributed by atoms with Crippen LogP contribution in [0.1, 0.15) is 32.6 Å². The lowest BCUT2D eigenvalue weighted by Gasteiger charge is -2.26. The number of nitrogens with zero attached hydrogens (tertiary/aromatic N) is 2. The molecule has 0 spiro atoms. The molecule has 0 aromatic carbocycles. The molecule has 1 heterocycles. The van der Waals surface area contributed by atoms with E-state index in [-0.39, 0.29) is 10.4 Å². The van der Waals surface area contributed by atoms with E-state index in [0.29, 0.717) is 13.1 Å². The summed E-state index contributed by atoms with van der Waals surface area (Å²) >= 11 is 3.52. The van der Waals surface area contributed by atoms with Gasteiger partial charge in [0.05, 0.1) is 6.33 Å². The Morgan fingerprint density at radius 3 is 2.68 bits per heavy atom. The van der Waals surface area contributed by atoms with Gasteiger partial charge >= 0.3 is 0 Å². The molecule has 1 N–H and O–H groups in total. The van der Waals surface area contributed by atoms with Gasteiger partial charge in [-0.25, -0.2) is 18.1 Å². The molecule has 1 saturated carbocycles. The molecule has 0 saturated heterocycles. The van der Waals surface area contributed by atoms with Crippen LogP contribution in [0, 0.1) is 5.41 Å². The Kier molecular flexibility index (Phi) is 4.68. The number of sulfonamides is 1. The van der Waals surface area contributed by atoms with E-state index in [0.717, 1.165) is 18.2 Å². The molecule has 2 rings (SSSR count). The van der Waals surface area contributed by atoms with Gasteiger partial charge in [-0.05, 0) is 25.2 Å². The van der Waals surface area contributed by atoms with Crippen LogP contribution in [0.4, 0.5) is 0 Å². The van der Waals surface area contributed by atoms with Crippen molar-refractivity contribution in [2.75, 3.05) is 11.9 Å². The van der Waals surface area contributed by atoms with Crippen LogP contribution in [0.2, 0.25) is 0 Å². The predicted molar refractivity (Wildman–Crippen MR) is 77.8 cm³/mol. The molecule has 1 aromatic rings. The highest BCUT2D eigenvalue weighted by atomic mass is 79.9. The van der Waals surface area contributed by atoms with E-state index in [1.54, 1.807) is 17.1 Å². The third kappa shape index (κ3) is 3.38. The second-order valence-corrected chi connectivity index (χ2v) is 7.48. The zero-order chi connectivity index (χ0) is 13.9. The number of hydrogen-bond acceptors (Lipinski definition) is 3. The predicted octanol–water partition coefficient (Wildman–Crippen LogP) is 2.14. The molecular formula is C12H20BrN3O2S. The van der Waals surface area contributed by atoms with Crippen molar-refractivity contribution in [2.45, 2.75) is 44.2 Å². The van der Waals surface area contributed by atoms with Crippen LogP contribution in [-0.4, -0.2) is 29.8 Å². The van der Waals surface area contributed by atoms with Gasteiger partial charge in [-0.2, -0.15) is 0 Å². The van der Waals surface area contributed by atoms with E-state index < -0.39 is 10.0 Å². The summed E-state index contributed by atoms with van der Waals surface area (Å²) in [5.74, 6) is 0. The summed E-state index contributed by atoms with van der Waals surface area (Å²) in [6.07, 6.45) is 7.62. The number of rotatable bonds is 6. The molecule has 0 unspecified atom stereocenters. The summed E-state index contributed by atoms with van der Waals surface area (Å²) in [5.41, 5.74) is 0.0698. The summed E-state index contributed by atoms with van der Waals surface area (Å²) in [6, 6.07) is 0. The van der Waals surface area contributed by atoms with Gasteiger partial charge in [0.15, 0.2) is 5.03 Å². The van der Waals surface area contributed by atoms with Crippen molar-refractivity contribution < 1.29 is 8.42 Å². The van der Waals surface area contributed by atoms with Crippen molar-refractivity contribution in [3.05, 3.63) is 12.5 Å². The lowest BCUT2D eigenvalue weighted by molar-refractivity contribution is 0.347. The van der Waals surface area contributed by atoms with E-state index in [1.807, 2.05) is 6.92 Å². The van der Waals surface area contributed by atoms with Crippen LogP contribution in [0.5, 0.6) is 0 Å². The number of halogens is 1. The molecule has 1 aliphatic rings. The highest BCUT2D eigenvalue weighted by Crippen LogP contribution is 2.39. The Labute approximate surface area is 123 Å². The van der Waals surface area contributed by atoms with Gasteiger partial charge in [-0.3, -0.25) is 0 Å². The van der Waals surface area contributed by atoms with Crippen molar-refractivity contribution in [3.8, 4) is 0 Å². The van der Waals surface area contributed by atoms with Gasteiger partial charge in [0.2, 0.25) is 0 Å². The maximum atomic E-state index is 12.2. The third-order valence-corrected chi connectivity index (χ3v) is 6.31. The summed E-state index contributed by atoms with van der Waals surface area (Å²) in [7, 11) is -3.49. The molecule has 1 aliphatic carbocycles. The highest BCUT2D eigenvalue weighted by molar-refractivity contribution is 9.09. The molecule has 1 aromatic heterocycles. The maximum absolute atomic E-state index is 12.2. The van der Waals surface area contributed by atoms with Crippen LogP contribution < -0.4 is 4.72 Å². The fraction of sp³-hybridized carbons (Fsp3) is 0.750. The Hall–Kier alpha value is -0.400. The molecular weight excluding hydrogens is 330 g/mol. The van der Waals surface area contributed by atoms with Gasteiger partial charge in [0.1, 0.15) is 0 Å². The third-order valence-electron chi connectivity index (χ3n) is 3.83. The molecule has 0 radical (unpaired) electrons. The lowest BCUT2D eigenvalue weighted by Crippen LogP contribution is -2.37. The number of aromatic nitrogens is 2. The van der Waals surface area contributed by atoms with Gasteiger partial charge < -0.3 is 4.57 Å². The fourth-order valence-electron chi connectivity index (χ4n) is 2.46. The molecule has 0 amide bonds. The smallest absolute Gasteiger partial charge is 0.259 e. The van der Waals surface area contributed by atoms with Crippen molar-refractivity contribution in [1.82, 2.24) is 14.3 Å². The normalized spacial score (nSPS) is 18.8. The van der Waals surface area contributed by atoms with Crippen LogP contribution in [-0.2, 0) is 16.6 Å². The Balaban J connectivity index is 2.05. The Morgan fingerprint density at radius 2 is 2.16 bits per heavy atom. The average molecular weight is 350 g/mol. The van der Waals surface area contributed by atoms with Crippen molar-refractivity contribution in [3.63, 3.8) is 0 Å². The zero-order valence-electron chi connectivity index (χ0n) is 11.1. The van der Waals surface area contributed by atoms with Crippen molar-refractivity contribution in [2.24, 2.45) is 5.41 Å². The van der Waals surface area contributed by atoms with Crippen molar-refractivity contribution in [1.29, 1.82) is 0 Å². The molecule has 7 heteroatoms. The topological polar surface area (TPSA) is 64.0 Å². The van der Waals surface area contributed by atoms with Crippen LogP contribution in [0.3, 0.4) is 0 Å². The van der Waals surface area contributed by atoms with E-state index in [2.05, 4.69) is 25.6 Å². The molecule has 0 bridgehead atoms. The van der Waals surface area contributed by atoms with E-state index in [4.69, 9.17) is 0 Å². The Morgan fingerprint density at radius 1 is 1.47 bits per heavy atom. The fourth-order valence-corrected chi connectivity index (χ4v) is 4.32. The minimum Gasteiger partial charge on any atom is -0.336 e. The second kappa shape index (κ2) is 5.93. The van der Waals surface area contributed by atoms with E-state index in [1.165, 1.54) is 12.8 Å². The monoisotopic (exact) mass is 349 g/mol. The molecule has 0 aliphatic heterocycles. The largest absolute Gasteiger partial charge is 0.336 e. The first-order chi connectivity index (χ1) is 9.01. The summed E-state index contributed by atoms with van der Waals surface area (Å²) in [6.45, 7) is 3.15. The van der Waals surface area contributed by atoms with E-state index in [9.17, 15) is 8.42 Å². The first kappa shape index (κ1) is 15.0. The maximum Gasteiger partial charge on any atom is 0.259 e. The second-order valence-electron chi connectivity index (χ2n) is 5.21. The Bertz CT molecular complexity index is 521. The summed E-state index contributed by atoms with van der Waals surface area (Å²) in [4.78, 5) is 3.95. The van der Waals surface area contributed by atoms with Gasteiger partial charge in [0, 0.05) is 24.6 Å². The lowest BCUT2D eigenvalue weighted by atomic mass is 9.89. The number of alkyl halides is 1. The molecule has 1 fully saturated rings. The van der Waals surface area contributed by atoms with Gasteiger partial charge in [-0.1, -0.05) is 28.8 Å². The first-order valence-corrected chi connectivity index (χ1v) is 9.19. The number of aryl methyl sites for hydroxylation is 1. The van der Waals surface area contributed by atoms with Gasteiger partial charge in [-0.15, -0.1) is 0 Å². The summed E-state index contributed by atoms with van der Waals surface area (Å²) in [5, 5.41) is 0.948. The number of imidazole rings is 1. The quantitative estimate of drug-likeness (QED) is 0.800. The minimum atomic E-state index is -3.49. The minimum absolute atomic E-state index is 0.0698. The first-order valence-electron chi connectivity index (χ1n) is 6.59. The van der Waals surface area contributed by atoms with E-state index >= 15 is 0 Å².